The molecule has 4 aromatic rings. The largest absolute Gasteiger partial charge is 0.440 e. The average Bonchev–Trinajstić information content (AvgIpc) is 3.35. The highest BCUT2D eigenvalue weighted by Crippen LogP contribution is 2.48. The smallest absolute Gasteiger partial charge is 0.305 e. The first-order valence-corrected chi connectivity index (χ1v) is 12.9. The molecule has 1 amide bonds. The van der Waals surface area contributed by atoms with Gasteiger partial charge in [0.15, 0.2) is 11.5 Å². The highest BCUT2D eigenvalue weighted by molar-refractivity contribution is 6.43. The van der Waals surface area contributed by atoms with Crippen LogP contribution in [0.4, 0.5) is 5.69 Å². The van der Waals surface area contributed by atoms with Crippen LogP contribution in [0.1, 0.15) is 21.5 Å². The molecule has 0 aliphatic carbocycles. The van der Waals surface area contributed by atoms with Crippen molar-refractivity contribution in [2.24, 2.45) is 0 Å². The van der Waals surface area contributed by atoms with E-state index >= 15 is 0 Å². The molecule has 0 bridgehead atoms. The maximum absolute atomic E-state index is 13.4. The van der Waals surface area contributed by atoms with E-state index in [1.807, 2.05) is 83.8 Å². The standard InChI is InChI=1S/C30H24Cl2N2O3/c31-24-12-7-13-25(28(24)32)33-16-18-34(19-17-33)29(35)21-14-15-26-27(20-21)37-30(36-26,22-8-3-1-4-9-22)23-10-5-2-6-11-23/h1-15,20H,16-19H2. The van der Waals surface area contributed by atoms with Crippen LogP contribution in [0, 0.1) is 0 Å². The molecule has 5 nitrogen and oxygen atoms in total. The van der Waals surface area contributed by atoms with E-state index in [9.17, 15) is 4.79 Å². The van der Waals surface area contributed by atoms with Gasteiger partial charge in [-0.2, -0.15) is 0 Å². The van der Waals surface area contributed by atoms with Crippen molar-refractivity contribution in [3.05, 3.63) is 124 Å². The molecule has 0 unspecified atom stereocenters. The lowest BCUT2D eigenvalue weighted by molar-refractivity contribution is -0.0459. The summed E-state index contributed by atoms with van der Waals surface area (Å²) in [5.41, 5.74) is 3.21. The van der Waals surface area contributed by atoms with E-state index in [2.05, 4.69) is 4.90 Å². The van der Waals surface area contributed by atoms with Crippen molar-refractivity contribution < 1.29 is 14.3 Å². The fraction of sp³-hybridized carbons (Fsp3) is 0.167. The molecule has 4 aromatic carbocycles. The summed E-state index contributed by atoms with van der Waals surface area (Å²) in [6.07, 6.45) is 0. The summed E-state index contributed by atoms with van der Waals surface area (Å²) < 4.78 is 13.0. The molecule has 2 aliphatic heterocycles. The van der Waals surface area contributed by atoms with Crippen LogP contribution in [-0.4, -0.2) is 37.0 Å². The van der Waals surface area contributed by atoms with E-state index in [4.69, 9.17) is 32.7 Å². The minimum absolute atomic E-state index is 0.0415. The van der Waals surface area contributed by atoms with E-state index < -0.39 is 5.79 Å². The normalized spacial score (nSPS) is 16.1. The molecule has 0 saturated carbocycles. The average molecular weight is 531 g/mol. The SMILES string of the molecule is O=C(c1ccc2c(c1)OC(c1ccccc1)(c1ccccc1)O2)N1CCN(c2cccc(Cl)c2Cl)CC1. The highest BCUT2D eigenvalue weighted by atomic mass is 35.5. The van der Waals surface area contributed by atoms with Crippen LogP contribution in [0.2, 0.25) is 10.0 Å². The number of hydrogen-bond acceptors (Lipinski definition) is 4. The van der Waals surface area contributed by atoms with Crippen molar-refractivity contribution in [3.8, 4) is 11.5 Å². The van der Waals surface area contributed by atoms with Gasteiger partial charge in [0.25, 0.3) is 5.91 Å². The van der Waals surface area contributed by atoms with Gasteiger partial charge < -0.3 is 19.3 Å². The number of carbonyl (C=O) groups is 1. The summed E-state index contributed by atoms with van der Waals surface area (Å²) in [7, 11) is 0. The Bertz CT molecular complexity index is 1400. The molecule has 7 heteroatoms. The molecule has 1 saturated heterocycles. The number of halogens is 2. The molecule has 0 spiro atoms. The maximum Gasteiger partial charge on any atom is 0.305 e. The van der Waals surface area contributed by atoms with Crippen molar-refractivity contribution in [2.75, 3.05) is 31.1 Å². The third-order valence-electron chi connectivity index (χ3n) is 6.84. The Labute approximate surface area is 225 Å². The Morgan fingerprint density at radius 3 is 1.97 bits per heavy atom. The summed E-state index contributed by atoms with van der Waals surface area (Å²) in [6.45, 7) is 2.49. The number of carbonyl (C=O) groups excluding carboxylic acids is 1. The van der Waals surface area contributed by atoms with E-state index in [0.717, 1.165) is 16.8 Å². The van der Waals surface area contributed by atoms with E-state index in [-0.39, 0.29) is 5.91 Å². The number of benzene rings is 4. The van der Waals surface area contributed by atoms with Crippen LogP contribution < -0.4 is 14.4 Å². The molecule has 0 aromatic heterocycles. The number of amides is 1. The van der Waals surface area contributed by atoms with Crippen LogP contribution in [0.5, 0.6) is 11.5 Å². The third kappa shape index (κ3) is 4.28. The molecular weight excluding hydrogens is 507 g/mol. The summed E-state index contributed by atoms with van der Waals surface area (Å²) in [5, 5.41) is 1.07. The molecule has 0 atom stereocenters. The number of rotatable bonds is 4. The maximum atomic E-state index is 13.4. The zero-order valence-electron chi connectivity index (χ0n) is 19.9. The van der Waals surface area contributed by atoms with Gasteiger partial charge in [-0.3, -0.25) is 4.79 Å². The number of fused-ring (bicyclic) bond motifs is 1. The van der Waals surface area contributed by atoms with Gasteiger partial charge in [0.05, 0.1) is 15.7 Å². The zero-order chi connectivity index (χ0) is 25.4. The molecule has 0 radical (unpaired) electrons. The van der Waals surface area contributed by atoms with Crippen molar-refractivity contribution >= 4 is 34.8 Å². The van der Waals surface area contributed by atoms with Crippen LogP contribution in [0.3, 0.4) is 0 Å². The van der Waals surface area contributed by atoms with Crippen molar-refractivity contribution in [1.29, 1.82) is 0 Å². The number of hydrogen-bond donors (Lipinski definition) is 0. The monoisotopic (exact) mass is 530 g/mol. The predicted molar refractivity (Wildman–Crippen MR) is 146 cm³/mol. The Morgan fingerprint density at radius 2 is 1.32 bits per heavy atom. The van der Waals surface area contributed by atoms with Crippen LogP contribution >= 0.6 is 23.2 Å². The predicted octanol–water partition coefficient (Wildman–Crippen LogP) is 6.63. The fourth-order valence-electron chi connectivity index (χ4n) is 4.92. The van der Waals surface area contributed by atoms with Gasteiger partial charge in [0.2, 0.25) is 0 Å². The summed E-state index contributed by atoms with van der Waals surface area (Å²) in [4.78, 5) is 17.4. The molecule has 2 heterocycles. The van der Waals surface area contributed by atoms with Gasteiger partial charge in [-0.15, -0.1) is 0 Å². The van der Waals surface area contributed by atoms with E-state index in [0.29, 0.717) is 53.3 Å². The first-order chi connectivity index (χ1) is 18.0. The first-order valence-electron chi connectivity index (χ1n) is 12.2. The Balaban J connectivity index is 1.22. The lowest BCUT2D eigenvalue weighted by Gasteiger charge is -2.36. The van der Waals surface area contributed by atoms with Crippen molar-refractivity contribution in [2.45, 2.75) is 5.79 Å². The van der Waals surface area contributed by atoms with E-state index in [1.54, 1.807) is 18.2 Å². The van der Waals surface area contributed by atoms with Gasteiger partial charge >= 0.3 is 5.79 Å². The van der Waals surface area contributed by atoms with Gasteiger partial charge in [0, 0.05) is 42.9 Å². The fourth-order valence-corrected chi connectivity index (χ4v) is 5.34. The van der Waals surface area contributed by atoms with Gasteiger partial charge in [-0.1, -0.05) is 89.9 Å². The molecule has 0 N–H and O–H groups in total. The Kier molecular flexibility index (Phi) is 6.19. The lowest BCUT2D eigenvalue weighted by atomic mass is 9.97. The topological polar surface area (TPSA) is 42.0 Å². The quantitative estimate of drug-likeness (QED) is 0.297. The van der Waals surface area contributed by atoms with E-state index in [1.165, 1.54) is 0 Å². The van der Waals surface area contributed by atoms with Gasteiger partial charge in [-0.05, 0) is 30.3 Å². The molecule has 37 heavy (non-hydrogen) atoms. The lowest BCUT2D eigenvalue weighted by Crippen LogP contribution is -2.48. The second kappa shape index (κ2) is 9.66. The summed E-state index contributed by atoms with van der Waals surface area (Å²) in [5.74, 6) is -0.0123. The molecule has 186 valence electrons. The number of nitrogens with zero attached hydrogens (tertiary/aromatic N) is 2. The van der Waals surface area contributed by atoms with Gasteiger partial charge in [-0.25, -0.2) is 0 Å². The first kappa shape index (κ1) is 23.7. The minimum Gasteiger partial charge on any atom is -0.440 e. The van der Waals surface area contributed by atoms with Gasteiger partial charge in [0.1, 0.15) is 0 Å². The molecular formula is C30H24Cl2N2O3. The second-order valence-electron chi connectivity index (χ2n) is 9.07. The Morgan fingerprint density at radius 1 is 0.703 bits per heavy atom. The number of anilines is 1. The zero-order valence-corrected chi connectivity index (χ0v) is 21.5. The van der Waals surface area contributed by atoms with Crippen molar-refractivity contribution in [1.82, 2.24) is 4.90 Å². The van der Waals surface area contributed by atoms with Crippen LogP contribution in [0.25, 0.3) is 0 Å². The van der Waals surface area contributed by atoms with Crippen LogP contribution in [0.15, 0.2) is 97.1 Å². The molecule has 2 aliphatic rings. The number of piperazine rings is 1. The minimum atomic E-state index is -1.12. The highest BCUT2D eigenvalue weighted by Gasteiger charge is 2.45. The van der Waals surface area contributed by atoms with Crippen molar-refractivity contribution in [3.63, 3.8) is 0 Å². The number of ether oxygens (including phenoxy) is 2. The van der Waals surface area contributed by atoms with Crippen LogP contribution in [-0.2, 0) is 5.79 Å². The Hall–Kier alpha value is -3.67. The third-order valence-corrected chi connectivity index (χ3v) is 7.65. The summed E-state index contributed by atoms with van der Waals surface area (Å²) >= 11 is 12.6. The molecule has 6 rings (SSSR count). The second-order valence-corrected chi connectivity index (χ2v) is 9.85. The summed E-state index contributed by atoms with van der Waals surface area (Å²) in [6, 6.07) is 30.7. The molecule has 1 fully saturated rings.